The van der Waals surface area contributed by atoms with Crippen LogP contribution in [0.15, 0.2) is 0 Å². The fraction of sp³-hybridized carbons (Fsp3) is 0.875. The van der Waals surface area contributed by atoms with Crippen LogP contribution in [0.4, 0.5) is 8.78 Å². The van der Waals surface area contributed by atoms with E-state index in [2.05, 4.69) is 10.1 Å². The van der Waals surface area contributed by atoms with E-state index in [9.17, 15) is 13.6 Å². The van der Waals surface area contributed by atoms with Gasteiger partial charge < -0.3 is 10.1 Å². The Morgan fingerprint density at radius 1 is 1.54 bits per heavy atom. The van der Waals surface area contributed by atoms with Gasteiger partial charge in [0.05, 0.1) is 6.61 Å². The predicted octanol–water partition coefficient (Wildman–Crippen LogP) is 0.794. The van der Waals surface area contributed by atoms with Gasteiger partial charge in [-0.2, -0.15) is 0 Å². The van der Waals surface area contributed by atoms with Crippen molar-refractivity contribution in [3.63, 3.8) is 0 Å². The van der Waals surface area contributed by atoms with E-state index in [0.717, 1.165) is 12.8 Å². The first-order valence-corrected chi connectivity index (χ1v) is 4.33. The summed E-state index contributed by atoms with van der Waals surface area (Å²) in [5, 5.41) is 2.61. The molecule has 1 rings (SSSR count). The fourth-order valence-electron chi connectivity index (χ4n) is 0.909. The van der Waals surface area contributed by atoms with Crippen LogP contribution in [-0.2, 0) is 9.53 Å². The third kappa shape index (κ3) is 4.77. The highest BCUT2D eigenvalue weighted by Crippen LogP contribution is 2.28. The Morgan fingerprint density at radius 3 is 2.77 bits per heavy atom. The Morgan fingerprint density at radius 2 is 2.23 bits per heavy atom. The molecule has 0 aliphatic heterocycles. The van der Waals surface area contributed by atoms with Gasteiger partial charge in [-0.25, -0.2) is 8.78 Å². The Kier molecular flexibility index (Phi) is 4.08. The van der Waals surface area contributed by atoms with E-state index >= 15 is 0 Å². The Hall–Kier alpha value is -0.710. The minimum Gasteiger partial charge on any atom is -0.374 e. The van der Waals surface area contributed by atoms with Gasteiger partial charge in [-0.3, -0.25) is 4.79 Å². The van der Waals surface area contributed by atoms with Crippen LogP contribution in [0, 0.1) is 5.92 Å². The molecule has 0 spiro atoms. The maximum Gasteiger partial charge on any atom is 0.261 e. The lowest BCUT2D eigenvalue weighted by molar-refractivity contribution is -0.122. The largest absolute Gasteiger partial charge is 0.374 e. The molecule has 13 heavy (non-hydrogen) atoms. The van der Waals surface area contributed by atoms with Crippen LogP contribution >= 0.6 is 0 Å². The molecule has 0 unspecified atom stereocenters. The van der Waals surface area contributed by atoms with Crippen LogP contribution in [0.3, 0.4) is 0 Å². The number of hydrogen-bond acceptors (Lipinski definition) is 2. The van der Waals surface area contributed by atoms with E-state index in [-0.39, 0.29) is 18.4 Å². The zero-order valence-corrected chi connectivity index (χ0v) is 7.26. The van der Waals surface area contributed by atoms with E-state index in [1.54, 1.807) is 0 Å². The van der Waals surface area contributed by atoms with Crippen molar-refractivity contribution < 1.29 is 18.3 Å². The molecule has 1 saturated carbocycles. The van der Waals surface area contributed by atoms with Crippen molar-refractivity contribution >= 4 is 5.91 Å². The molecule has 0 saturated heterocycles. The van der Waals surface area contributed by atoms with E-state index < -0.39 is 13.0 Å². The van der Waals surface area contributed by atoms with Crippen molar-refractivity contribution in [2.24, 2.45) is 5.92 Å². The lowest BCUT2D eigenvalue weighted by Gasteiger charge is -2.04. The summed E-state index contributed by atoms with van der Waals surface area (Å²) in [5.41, 5.74) is 0. The van der Waals surface area contributed by atoms with Crippen LogP contribution in [0.2, 0.25) is 0 Å². The van der Waals surface area contributed by atoms with Gasteiger partial charge in [-0.05, 0) is 12.8 Å². The predicted molar refractivity (Wildman–Crippen MR) is 42.6 cm³/mol. The molecule has 1 aliphatic rings. The molecule has 0 aromatic carbocycles. The molecule has 76 valence electrons. The SMILES string of the molecule is O=C(NCCOCC(F)F)C1CC1. The second-order valence-corrected chi connectivity index (χ2v) is 3.03. The van der Waals surface area contributed by atoms with Gasteiger partial charge in [0.2, 0.25) is 5.91 Å². The van der Waals surface area contributed by atoms with Gasteiger partial charge in [0, 0.05) is 12.5 Å². The maximum atomic E-state index is 11.5. The Labute approximate surface area is 75.4 Å². The van der Waals surface area contributed by atoms with E-state index in [4.69, 9.17) is 0 Å². The van der Waals surface area contributed by atoms with Gasteiger partial charge in [-0.15, -0.1) is 0 Å². The maximum absolute atomic E-state index is 11.5. The lowest BCUT2D eigenvalue weighted by Crippen LogP contribution is -2.28. The molecule has 5 heteroatoms. The van der Waals surface area contributed by atoms with Crippen LogP contribution in [-0.4, -0.2) is 32.1 Å². The number of hydrogen-bond donors (Lipinski definition) is 1. The molecule has 0 aromatic heterocycles. The van der Waals surface area contributed by atoms with Crippen molar-refractivity contribution in [3.8, 4) is 0 Å². The molecule has 0 radical (unpaired) electrons. The summed E-state index contributed by atoms with van der Waals surface area (Å²) < 4.78 is 27.7. The zero-order chi connectivity index (χ0) is 9.68. The van der Waals surface area contributed by atoms with Gasteiger partial charge in [-0.1, -0.05) is 0 Å². The molecule has 0 atom stereocenters. The number of ether oxygens (including phenoxy) is 1. The molecule has 0 bridgehead atoms. The van der Waals surface area contributed by atoms with E-state index in [1.807, 2.05) is 0 Å². The lowest BCUT2D eigenvalue weighted by atomic mass is 10.4. The summed E-state index contributed by atoms with van der Waals surface area (Å²) in [4.78, 5) is 11.0. The second kappa shape index (κ2) is 5.11. The Balaban J connectivity index is 1.86. The van der Waals surface area contributed by atoms with Gasteiger partial charge in [0.1, 0.15) is 6.61 Å². The fourth-order valence-corrected chi connectivity index (χ4v) is 0.909. The monoisotopic (exact) mass is 193 g/mol. The van der Waals surface area contributed by atoms with Crippen molar-refractivity contribution in [1.29, 1.82) is 0 Å². The first-order valence-electron chi connectivity index (χ1n) is 4.33. The third-order valence-electron chi connectivity index (χ3n) is 1.74. The standard InChI is InChI=1S/C8H13F2NO2/c9-7(10)5-13-4-3-11-8(12)6-1-2-6/h6-7H,1-5H2,(H,11,12). The molecule has 1 aliphatic carbocycles. The molecular formula is C8H13F2NO2. The normalized spacial score (nSPS) is 16.2. The summed E-state index contributed by atoms with van der Waals surface area (Å²) in [6, 6.07) is 0. The molecule has 1 N–H and O–H groups in total. The van der Waals surface area contributed by atoms with Crippen LogP contribution < -0.4 is 5.32 Å². The van der Waals surface area contributed by atoms with Crippen molar-refractivity contribution in [2.45, 2.75) is 19.3 Å². The summed E-state index contributed by atoms with van der Waals surface area (Å²) in [7, 11) is 0. The number of nitrogens with one attached hydrogen (secondary N) is 1. The molecule has 1 amide bonds. The minimum atomic E-state index is -2.43. The second-order valence-electron chi connectivity index (χ2n) is 3.03. The molecular weight excluding hydrogens is 180 g/mol. The number of carbonyl (C=O) groups is 1. The van der Waals surface area contributed by atoms with Crippen LogP contribution in [0.25, 0.3) is 0 Å². The average Bonchev–Trinajstić information content (AvgIpc) is 2.85. The molecule has 0 aromatic rings. The summed E-state index contributed by atoms with van der Waals surface area (Å²) in [6.07, 6.45) is -0.535. The van der Waals surface area contributed by atoms with Gasteiger partial charge in [0.15, 0.2) is 0 Å². The average molecular weight is 193 g/mol. The molecule has 3 nitrogen and oxygen atoms in total. The summed E-state index contributed by atoms with van der Waals surface area (Å²) in [5.74, 6) is 0.177. The quantitative estimate of drug-likeness (QED) is 0.633. The van der Waals surface area contributed by atoms with E-state index in [1.165, 1.54) is 0 Å². The van der Waals surface area contributed by atoms with Gasteiger partial charge in [0.25, 0.3) is 6.43 Å². The number of halogens is 2. The first-order chi connectivity index (χ1) is 6.20. The number of alkyl halides is 2. The summed E-state index contributed by atoms with van der Waals surface area (Å²) in [6.45, 7) is -0.0792. The van der Waals surface area contributed by atoms with Crippen LogP contribution in [0.1, 0.15) is 12.8 Å². The number of carbonyl (C=O) groups excluding carboxylic acids is 1. The highest BCUT2D eigenvalue weighted by atomic mass is 19.3. The topological polar surface area (TPSA) is 38.3 Å². The molecule has 0 heterocycles. The number of rotatable bonds is 6. The highest BCUT2D eigenvalue weighted by Gasteiger charge is 2.28. The van der Waals surface area contributed by atoms with Crippen LogP contribution in [0.5, 0.6) is 0 Å². The Bertz CT molecular complexity index is 172. The highest BCUT2D eigenvalue weighted by molar-refractivity contribution is 5.80. The van der Waals surface area contributed by atoms with E-state index in [0.29, 0.717) is 6.54 Å². The number of amides is 1. The zero-order valence-electron chi connectivity index (χ0n) is 7.26. The van der Waals surface area contributed by atoms with Crippen molar-refractivity contribution in [3.05, 3.63) is 0 Å². The smallest absolute Gasteiger partial charge is 0.261 e. The molecule has 1 fully saturated rings. The van der Waals surface area contributed by atoms with Crippen molar-refractivity contribution in [1.82, 2.24) is 5.32 Å². The first kappa shape index (κ1) is 10.4. The van der Waals surface area contributed by atoms with Crippen molar-refractivity contribution in [2.75, 3.05) is 19.8 Å². The summed E-state index contributed by atoms with van der Waals surface area (Å²) >= 11 is 0. The minimum absolute atomic E-state index is 0.0145. The van der Waals surface area contributed by atoms with Gasteiger partial charge >= 0.3 is 0 Å². The third-order valence-corrected chi connectivity index (χ3v) is 1.74.